The molecule has 0 aliphatic rings. The Balaban J connectivity index is 1.44. The number of hydrogen-bond donors (Lipinski definition) is 1. The van der Waals surface area contributed by atoms with E-state index in [2.05, 4.69) is 15.4 Å². The van der Waals surface area contributed by atoms with Gasteiger partial charge in [0, 0.05) is 16.5 Å². The molecule has 2 heterocycles. The van der Waals surface area contributed by atoms with Crippen molar-refractivity contribution in [2.75, 3.05) is 0 Å². The zero-order valence-electron chi connectivity index (χ0n) is 20.4. The SMILES string of the molecule is Cc1cnc(C(=O)NC(C)C(Oc2ccc3c(cnn3-c3ccc(F)cc3)c2)c2ccc(C)c(F)c2)s1. The number of nitrogens with one attached hydrogen (secondary N) is 1. The van der Waals surface area contributed by atoms with Crippen molar-refractivity contribution in [3.63, 3.8) is 0 Å². The normalized spacial score (nSPS) is 12.9. The van der Waals surface area contributed by atoms with Crippen molar-refractivity contribution in [2.24, 2.45) is 0 Å². The first-order chi connectivity index (χ1) is 17.8. The number of carbonyl (C=O) groups excluding carboxylic acids is 1. The average molecular weight is 519 g/mol. The molecule has 0 radical (unpaired) electrons. The van der Waals surface area contributed by atoms with E-state index in [1.54, 1.807) is 54.3 Å². The maximum Gasteiger partial charge on any atom is 0.280 e. The van der Waals surface area contributed by atoms with Crippen LogP contribution in [0.25, 0.3) is 16.6 Å². The molecule has 6 nitrogen and oxygen atoms in total. The Morgan fingerprint density at radius 2 is 1.81 bits per heavy atom. The number of fused-ring (bicyclic) bond motifs is 1. The van der Waals surface area contributed by atoms with E-state index in [9.17, 15) is 13.6 Å². The molecule has 9 heteroatoms. The van der Waals surface area contributed by atoms with Gasteiger partial charge < -0.3 is 10.1 Å². The summed E-state index contributed by atoms with van der Waals surface area (Å²) in [7, 11) is 0. The minimum Gasteiger partial charge on any atom is -0.484 e. The minimum absolute atomic E-state index is 0.317. The van der Waals surface area contributed by atoms with Crippen LogP contribution in [0.5, 0.6) is 5.75 Å². The lowest BCUT2D eigenvalue weighted by atomic mass is 10.0. The van der Waals surface area contributed by atoms with E-state index in [1.165, 1.54) is 29.5 Å². The topological polar surface area (TPSA) is 69.0 Å². The smallest absolute Gasteiger partial charge is 0.280 e. The van der Waals surface area contributed by atoms with Crippen molar-refractivity contribution in [3.8, 4) is 11.4 Å². The van der Waals surface area contributed by atoms with E-state index in [4.69, 9.17) is 4.74 Å². The molecule has 0 aliphatic heterocycles. The van der Waals surface area contributed by atoms with E-state index in [-0.39, 0.29) is 17.5 Å². The first kappa shape index (κ1) is 24.6. The average Bonchev–Trinajstić information content (AvgIpc) is 3.51. The van der Waals surface area contributed by atoms with Crippen LogP contribution in [0.1, 0.15) is 38.8 Å². The second-order valence-electron chi connectivity index (χ2n) is 8.84. The number of nitrogens with zero attached hydrogens (tertiary/aromatic N) is 3. The number of benzene rings is 3. The number of ether oxygens (including phenoxy) is 1. The first-order valence-corrected chi connectivity index (χ1v) is 12.5. The molecule has 0 saturated heterocycles. The van der Waals surface area contributed by atoms with E-state index in [1.807, 2.05) is 26.0 Å². The highest BCUT2D eigenvalue weighted by molar-refractivity contribution is 7.13. The summed E-state index contributed by atoms with van der Waals surface area (Å²) in [5.74, 6) is -0.456. The molecule has 37 heavy (non-hydrogen) atoms. The standard InChI is InChI=1S/C28H24F2N4O2S/c1-16-4-5-19(13-24(16)30)26(18(3)33-27(35)28-31-14-17(2)37-28)36-23-10-11-25-20(12-23)15-32-34(25)22-8-6-21(29)7-9-22/h4-15,18,26H,1-3H3,(H,33,35). The highest BCUT2D eigenvalue weighted by atomic mass is 32.1. The van der Waals surface area contributed by atoms with Gasteiger partial charge in [-0.3, -0.25) is 4.79 Å². The molecule has 0 aliphatic carbocycles. The zero-order chi connectivity index (χ0) is 26.1. The van der Waals surface area contributed by atoms with Gasteiger partial charge in [0.2, 0.25) is 0 Å². The molecule has 0 saturated carbocycles. The number of thiazole rings is 1. The lowest BCUT2D eigenvalue weighted by Crippen LogP contribution is -2.39. The van der Waals surface area contributed by atoms with Crippen molar-refractivity contribution < 1.29 is 18.3 Å². The monoisotopic (exact) mass is 518 g/mol. The third kappa shape index (κ3) is 5.22. The summed E-state index contributed by atoms with van der Waals surface area (Å²) in [6.07, 6.45) is 2.67. The molecule has 5 aromatic rings. The van der Waals surface area contributed by atoms with Gasteiger partial charge in [-0.2, -0.15) is 5.10 Å². The molecule has 2 atom stereocenters. The Hall–Kier alpha value is -4.11. The molecule has 5 rings (SSSR count). The lowest BCUT2D eigenvalue weighted by molar-refractivity contribution is 0.0881. The fraction of sp³-hybridized carbons (Fsp3) is 0.179. The predicted octanol–water partition coefficient (Wildman–Crippen LogP) is 6.32. The largest absolute Gasteiger partial charge is 0.484 e. The van der Waals surface area contributed by atoms with Gasteiger partial charge in [0.05, 0.1) is 23.4 Å². The highest BCUT2D eigenvalue weighted by Crippen LogP contribution is 2.30. The molecule has 3 aromatic carbocycles. The van der Waals surface area contributed by atoms with Crippen LogP contribution >= 0.6 is 11.3 Å². The summed E-state index contributed by atoms with van der Waals surface area (Å²) in [6, 6.07) is 16.0. The predicted molar refractivity (Wildman–Crippen MR) is 139 cm³/mol. The Labute approximate surface area is 216 Å². The van der Waals surface area contributed by atoms with Crippen molar-refractivity contribution >= 4 is 28.1 Å². The Kier molecular flexibility index (Phi) is 6.71. The summed E-state index contributed by atoms with van der Waals surface area (Å²) in [5, 5.41) is 8.54. The van der Waals surface area contributed by atoms with Gasteiger partial charge in [-0.1, -0.05) is 12.1 Å². The highest BCUT2D eigenvalue weighted by Gasteiger charge is 2.25. The third-order valence-corrected chi connectivity index (χ3v) is 6.94. The number of aryl methyl sites for hydroxylation is 2. The second-order valence-corrected chi connectivity index (χ2v) is 10.1. The Morgan fingerprint density at radius 3 is 2.51 bits per heavy atom. The molecule has 1 N–H and O–H groups in total. The summed E-state index contributed by atoms with van der Waals surface area (Å²) < 4.78 is 35.9. The molecule has 1 amide bonds. The fourth-order valence-electron chi connectivity index (χ4n) is 4.07. The fourth-order valence-corrected chi connectivity index (χ4v) is 4.74. The third-order valence-electron chi connectivity index (χ3n) is 6.03. The van der Waals surface area contributed by atoms with Crippen LogP contribution in [0.4, 0.5) is 8.78 Å². The quantitative estimate of drug-likeness (QED) is 0.274. The first-order valence-electron chi connectivity index (χ1n) is 11.7. The summed E-state index contributed by atoms with van der Waals surface area (Å²) in [5.41, 5.74) is 2.66. The molecule has 0 spiro atoms. The maximum absolute atomic E-state index is 14.5. The van der Waals surface area contributed by atoms with Crippen LogP contribution in [0.2, 0.25) is 0 Å². The summed E-state index contributed by atoms with van der Waals surface area (Å²) >= 11 is 1.30. The molecule has 2 aromatic heterocycles. The van der Waals surface area contributed by atoms with Gasteiger partial charge in [0.1, 0.15) is 23.5 Å². The number of aromatic nitrogens is 3. The zero-order valence-corrected chi connectivity index (χ0v) is 21.2. The minimum atomic E-state index is -0.676. The summed E-state index contributed by atoms with van der Waals surface area (Å²) in [4.78, 5) is 17.9. The van der Waals surface area contributed by atoms with Gasteiger partial charge in [-0.25, -0.2) is 18.4 Å². The van der Waals surface area contributed by atoms with E-state index in [0.29, 0.717) is 21.9 Å². The number of hydrogen-bond acceptors (Lipinski definition) is 5. The molecule has 0 bridgehead atoms. The van der Waals surface area contributed by atoms with Gasteiger partial charge in [-0.05, 0) is 80.4 Å². The van der Waals surface area contributed by atoms with E-state index >= 15 is 0 Å². The molecule has 188 valence electrons. The van der Waals surface area contributed by atoms with Crippen LogP contribution < -0.4 is 10.1 Å². The van der Waals surface area contributed by atoms with Crippen molar-refractivity contribution in [3.05, 3.63) is 106 Å². The van der Waals surface area contributed by atoms with Crippen molar-refractivity contribution in [2.45, 2.75) is 32.9 Å². The number of rotatable bonds is 7. The molecular weight excluding hydrogens is 494 g/mol. The van der Waals surface area contributed by atoms with E-state index in [0.717, 1.165) is 21.5 Å². The van der Waals surface area contributed by atoms with Crippen LogP contribution in [0, 0.1) is 25.5 Å². The summed E-state index contributed by atoms with van der Waals surface area (Å²) in [6.45, 7) is 5.39. The second kappa shape index (κ2) is 10.1. The van der Waals surface area contributed by atoms with Crippen LogP contribution in [0.3, 0.4) is 0 Å². The van der Waals surface area contributed by atoms with Gasteiger partial charge in [0.15, 0.2) is 5.01 Å². The van der Waals surface area contributed by atoms with Gasteiger partial charge in [0.25, 0.3) is 5.91 Å². The van der Waals surface area contributed by atoms with Crippen LogP contribution in [-0.2, 0) is 0 Å². The van der Waals surface area contributed by atoms with Crippen LogP contribution in [-0.4, -0.2) is 26.7 Å². The van der Waals surface area contributed by atoms with Crippen molar-refractivity contribution in [1.82, 2.24) is 20.1 Å². The maximum atomic E-state index is 14.5. The number of amides is 1. The van der Waals surface area contributed by atoms with Crippen LogP contribution in [0.15, 0.2) is 73.1 Å². The van der Waals surface area contributed by atoms with Gasteiger partial charge >= 0.3 is 0 Å². The van der Waals surface area contributed by atoms with Crippen molar-refractivity contribution in [1.29, 1.82) is 0 Å². The Bertz CT molecular complexity index is 1580. The molecule has 2 unspecified atom stereocenters. The number of carbonyl (C=O) groups is 1. The Morgan fingerprint density at radius 1 is 1.03 bits per heavy atom. The van der Waals surface area contributed by atoms with E-state index < -0.39 is 12.1 Å². The van der Waals surface area contributed by atoms with Gasteiger partial charge in [-0.15, -0.1) is 11.3 Å². The molecule has 0 fully saturated rings. The molecular formula is C28H24F2N4O2S. The number of halogens is 2. The lowest BCUT2D eigenvalue weighted by Gasteiger charge is -2.26.